The van der Waals surface area contributed by atoms with Gasteiger partial charge >= 0.3 is 6.18 Å². The van der Waals surface area contributed by atoms with Crippen molar-refractivity contribution in [1.82, 2.24) is 10.2 Å². The number of amides is 1. The Kier molecular flexibility index (Phi) is 6.03. The third-order valence-corrected chi connectivity index (χ3v) is 5.63. The average Bonchev–Trinajstić information content (AvgIpc) is 3.07. The van der Waals surface area contributed by atoms with Crippen LogP contribution in [-0.4, -0.2) is 16.1 Å². The average molecular weight is 430 g/mol. The van der Waals surface area contributed by atoms with Gasteiger partial charge in [0.1, 0.15) is 0 Å². The van der Waals surface area contributed by atoms with Gasteiger partial charge in [-0.25, -0.2) is 0 Å². The molecule has 2 aromatic carbocycles. The van der Waals surface area contributed by atoms with Crippen LogP contribution in [0.4, 0.5) is 18.3 Å². The summed E-state index contributed by atoms with van der Waals surface area (Å²) in [5, 5.41) is 10.9. The molecule has 0 spiro atoms. The Bertz CT molecular complexity index is 962. The third-order valence-electron chi connectivity index (χ3n) is 3.36. The van der Waals surface area contributed by atoms with E-state index in [0.29, 0.717) is 15.1 Å². The van der Waals surface area contributed by atoms with Gasteiger partial charge in [-0.2, -0.15) is 13.2 Å². The minimum atomic E-state index is -4.62. The minimum absolute atomic E-state index is 0.130. The Labute approximate surface area is 165 Å². The second-order valence-electron chi connectivity index (χ2n) is 5.29. The number of thioether (sulfide) groups is 1. The number of aromatic nitrogens is 2. The quantitative estimate of drug-likeness (QED) is 0.414. The fourth-order valence-electron chi connectivity index (χ4n) is 2.18. The maximum atomic E-state index is 13.0. The first-order valence-electron chi connectivity index (χ1n) is 7.51. The van der Waals surface area contributed by atoms with Crippen molar-refractivity contribution >= 4 is 45.7 Å². The van der Waals surface area contributed by atoms with E-state index < -0.39 is 23.2 Å². The van der Waals surface area contributed by atoms with E-state index in [9.17, 15) is 18.0 Å². The van der Waals surface area contributed by atoms with Crippen LogP contribution in [0, 0.1) is 0 Å². The number of rotatable bonds is 5. The molecule has 0 unspecified atom stereocenters. The van der Waals surface area contributed by atoms with Crippen molar-refractivity contribution in [2.24, 2.45) is 0 Å². The van der Waals surface area contributed by atoms with Crippen molar-refractivity contribution in [3.8, 4) is 0 Å². The van der Waals surface area contributed by atoms with Gasteiger partial charge < -0.3 is 0 Å². The molecule has 0 aliphatic carbocycles. The lowest BCUT2D eigenvalue weighted by molar-refractivity contribution is -0.137. The summed E-state index contributed by atoms with van der Waals surface area (Å²) in [6, 6.07) is 11.9. The highest BCUT2D eigenvalue weighted by molar-refractivity contribution is 8.00. The highest BCUT2D eigenvalue weighted by Gasteiger charge is 2.35. The summed E-state index contributed by atoms with van der Waals surface area (Å²) in [7, 11) is 0. The Morgan fingerprint density at radius 2 is 1.93 bits per heavy atom. The van der Waals surface area contributed by atoms with Crippen LogP contribution in [0.25, 0.3) is 0 Å². The Morgan fingerprint density at radius 3 is 2.67 bits per heavy atom. The van der Waals surface area contributed by atoms with Crippen LogP contribution in [0.3, 0.4) is 0 Å². The molecule has 1 aromatic heterocycles. The summed E-state index contributed by atoms with van der Waals surface area (Å²) >= 11 is 8.40. The Balaban J connectivity index is 1.67. The first-order valence-corrected chi connectivity index (χ1v) is 9.69. The number of nitrogens with one attached hydrogen (secondary N) is 1. The van der Waals surface area contributed by atoms with E-state index in [1.165, 1.54) is 23.9 Å². The number of hydrogen-bond acceptors (Lipinski definition) is 5. The summed E-state index contributed by atoms with van der Waals surface area (Å²) in [4.78, 5) is 12.2. The standard InChI is InChI=1S/C17H11ClF3N3OS2/c18-11-5-3-4-10(8-11)9-26-16-24-23-15(27-16)22-14(25)12-6-1-2-7-13(12)17(19,20)21/h1-8H,9H2,(H,22,23,25). The van der Waals surface area contributed by atoms with Crippen LogP contribution < -0.4 is 5.32 Å². The van der Waals surface area contributed by atoms with Crippen LogP contribution in [0.2, 0.25) is 5.02 Å². The fourth-order valence-corrected chi connectivity index (χ4v) is 4.09. The maximum absolute atomic E-state index is 13.0. The summed E-state index contributed by atoms with van der Waals surface area (Å²) in [5.41, 5.74) is -0.469. The number of anilines is 1. The molecule has 0 atom stereocenters. The zero-order valence-corrected chi connectivity index (χ0v) is 15.8. The number of nitrogens with zero attached hydrogens (tertiary/aromatic N) is 2. The van der Waals surface area contributed by atoms with Crippen molar-refractivity contribution in [3.63, 3.8) is 0 Å². The number of halogens is 4. The number of carbonyl (C=O) groups is 1. The van der Waals surface area contributed by atoms with Gasteiger partial charge in [0.2, 0.25) is 5.13 Å². The number of hydrogen-bond donors (Lipinski definition) is 1. The van der Waals surface area contributed by atoms with E-state index in [1.54, 1.807) is 6.07 Å². The molecule has 0 radical (unpaired) electrons. The van der Waals surface area contributed by atoms with Crippen molar-refractivity contribution < 1.29 is 18.0 Å². The van der Waals surface area contributed by atoms with E-state index in [4.69, 9.17) is 11.6 Å². The normalized spacial score (nSPS) is 11.4. The molecule has 0 aliphatic heterocycles. The topological polar surface area (TPSA) is 54.9 Å². The van der Waals surface area contributed by atoms with Crippen LogP contribution >= 0.6 is 34.7 Å². The molecule has 0 saturated heterocycles. The van der Waals surface area contributed by atoms with E-state index in [1.807, 2.05) is 18.2 Å². The molecule has 0 saturated carbocycles. The SMILES string of the molecule is O=C(Nc1nnc(SCc2cccc(Cl)c2)s1)c1ccccc1C(F)(F)F. The van der Waals surface area contributed by atoms with Gasteiger partial charge in [0.05, 0.1) is 11.1 Å². The number of benzene rings is 2. The fraction of sp³-hybridized carbons (Fsp3) is 0.118. The van der Waals surface area contributed by atoms with Gasteiger partial charge in [0, 0.05) is 10.8 Å². The largest absolute Gasteiger partial charge is 0.417 e. The van der Waals surface area contributed by atoms with Crippen molar-refractivity contribution in [2.75, 3.05) is 5.32 Å². The van der Waals surface area contributed by atoms with Gasteiger partial charge in [0.15, 0.2) is 4.34 Å². The van der Waals surface area contributed by atoms with Crippen LogP contribution in [0.15, 0.2) is 52.9 Å². The van der Waals surface area contributed by atoms with E-state index >= 15 is 0 Å². The second-order valence-corrected chi connectivity index (χ2v) is 7.93. The molecule has 0 fully saturated rings. The molecule has 0 bridgehead atoms. The van der Waals surface area contributed by atoms with E-state index in [-0.39, 0.29) is 5.13 Å². The predicted molar refractivity (Wildman–Crippen MR) is 100 cm³/mol. The molecule has 3 aromatic rings. The molecule has 1 N–H and O–H groups in total. The van der Waals surface area contributed by atoms with Gasteiger partial charge in [-0.05, 0) is 29.8 Å². The van der Waals surface area contributed by atoms with Crippen LogP contribution in [0.1, 0.15) is 21.5 Å². The monoisotopic (exact) mass is 429 g/mol. The summed E-state index contributed by atoms with van der Waals surface area (Å²) in [6.07, 6.45) is -4.62. The molecule has 10 heteroatoms. The van der Waals surface area contributed by atoms with Crippen LogP contribution in [-0.2, 0) is 11.9 Å². The molecule has 1 amide bonds. The first kappa shape index (κ1) is 19.7. The van der Waals surface area contributed by atoms with Crippen molar-refractivity contribution in [2.45, 2.75) is 16.3 Å². The van der Waals surface area contributed by atoms with Gasteiger partial charge in [-0.3, -0.25) is 10.1 Å². The Hall–Kier alpha value is -2.10. The van der Waals surface area contributed by atoms with Crippen LogP contribution in [0.5, 0.6) is 0 Å². The molecule has 4 nitrogen and oxygen atoms in total. The molecular weight excluding hydrogens is 419 g/mol. The van der Waals surface area contributed by atoms with Crippen molar-refractivity contribution in [1.29, 1.82) is 0 Å². The zero-order valence-electron chi connectivity index (χ0n) is 13.5. The molecule has 27 heavy (non-hydrogen) atoms. The van der Waals surface area contributed by atoms with Gasteiger partial charge in [-0.1, -0.05) is 59.0 Å². The van der Waals surface area contributed by atoms with E-state index in [0.717, 1.165) is 29.0 Å². The predicted octanol–water partition coefficient (Wildman–Crippen LogP) is 5.75. The first-order chi connectivity index (χ1) is 12.8. The Morgan fingerprint density at radius 1 is 1.15 bits per heavy atom. The smallest absolute Gasteiger partial charge is 0.296 e. The van der Waals surface area contributed by atoms with E-state index in [2.05, 4.69) is 15.5 Å². The second kappa shape index (κ2) is 8.28. The summed E-state index contributed by atoms with van der Waals surface area (Å²) < 4.78 is 39.6. The molecule has 3 rings (SSSR count). The third kappa shape index (κ3) is 5.21. The van der Waals surface area contributed by atoms with Gasteiger partial charge in [-0.15, -0.1) is 10.2 Å². The minimum Gasteiger partial charge on any atom is -0.296 e. The highest BCUT2D eigenvalue weighted by atomic mass is 35.5. The van der Waals surface area contributed by atoms with Crippen molar-refractivity contribution in [3.05, 3.63) is 70.2 Å². The maximum Gasteiger partial charge on any atom is 0.417 e. The highest BCUT2D eigenvalue weighted by Crippen LogP contribution is 2.33. The summed E-state index contributed by atoms with van der Waals surface area (Å²) in [6.45, 7) is 0. The number of carbonyl (C=O) groups excluding carboxylic acids is 1. The molecule has 0 aliphatic rings. The molecular formula is C17H11ClF3N3OS2. The number of alkyl halides is 3. The molecule has 1 heterocycles. The lowest BCUT2D eigenvalue weighted by Gasteiger charge is -2.11. The lowest BCUT2D eigenvalue weighted by Crippen LogP contribution is -2.18. The zero-order chi connectivity index (χ0) is 19.4. The van der Waals surface area contributed by atoms with Gasteiger partial charge in [0.25, 0.3) is 5.91 Å². The lowest BCUT2D eigenvalue weighted by atomic mass is 10.1. The summed E-state index contributed by atoms with van der Waals surface area (Å²) in [5.74, 6) is -0.287. The molecule has 140 valence electrons.